The van der Waals surface area contributed by atoms with E-state index in [9.17, 15) is 4.79 Å². The molecule has 1 N–H and O–H groups in total. The largest absolute Gasteiger partial charge is 0.369 e. The van der Waals surface area contributed by atoms with Gasteiger partial charge >= 0.3 is 0 Å². The number of rotatable bonds is 7. The molecule has 0 fully saturated rings. The molecule has 0 aliphatic rings. The normalized spacial score (nSPS) is 12.4. The predicted octanol–water partition coefficient (Wildman–Crippen LogP) is 1.43. The van der Waals surface area contributed by atoms with Gasteiger partial charge in [0.05, 0.1) is 12.0 Å². The van der Waals surface area contributed by atoms with Crippen LogP contribution in [0.1, 0.15) is 31.7 Å². The Morgan fingerprint density at radius 3 is 2.83 bits per heavy atom. The summed E-state index contributed by atoms with van der Waals surface area (Å²) in [6.45, 7) is 9.75. The highest BCUT2D eigenvalue weighted by Gasteiger charge is 2.12. The van der Waals surface area contributed by atoms with Crippen LogP contribution in [0.3, 0.4) is 0 Å². The van der Waals surface area contributed by atoms with Crippen molar-refractivity contribution in [3.05, 3.63) is 17.7 Å². The third-order valence-corrected chi connectivity index (χ3v) is 2.94. The quantitative estimate of drug-likeness (QED) is 0.800. The molecule has 1 heterocycles. The molecule has 1 amide bonds. The number of hydrogen-bond donors (Lipinski definition) is 1. The first kappa shape index (κ1) is 14.7. The number of aryl methyl sites for hydroxylation is 1. The first-order valence-corrected chi connectivity index (χ1v) is 6.44. The fourth-order valence-electron chi connectivity index (χ4n) is 1.58. The van der Waals surface area contributed by atoms with Crippen LogP contribution in [-0.2, 0) is 16.1 Å². The van der Waals surface area contributed by atoms with Gasteiger partial charge in [0, 0.05) is 25.4 Å². The standard InChI is InChI=1S/C13H23N3O2/c1-5-8-18-12(4)13(17)14-6-7-16-9-15-10(2)11(16)3/h9,12H,5-8H2,1-4H3,(H,14,17)/t12-/m0/s1. The molecule has 5 nitrogen and oxygen atoms in total. The lowest BCUT2D eigenvalue weighted by atomic mass is 10.3. The molecule has 0 radical (unpaired) electrons. The van der Waals surface area contributed by atoms with Crippen LogP contribution in [-0.4, -0.2) is 34.7 Å². The van der Waals surface area contributed by atoms with Crippen LogP contribution < -0.4 is 5.32 Å². The maximum absolute atomic E-state index is 11.7. The predicted molar refractivity (Wildman–Crippen MR) is 70.4 cm³/mol. The second kappa shape index (κ2) is 7.16. The van der Waals surface area contributed by atoms with E-state index in [0.717, 1.165) is 24.4 Å². The number of amides is 1. The van der Waals surface area contributed by atoms with Gasteiger partial charge in [0.25, 0.3) is 0 Å². The van der Waals surface area contributed by atoms with Crippen LogP contribution in [0.5, 0.6) is 0 Å². The van der Waals surface area contributed by atoms with E-state index in [1.807, 2.05) is 25.3 Å². The molecule has 0 aliphatic carbocycles. The smallest absolute Gasteiger partial charge is 0.248 e. The lowest BCUT2D eigenvalue weighted by molar-refractivity contribution is -0.131. The highest BCUT2D eigenvalue weighted by molar-refractivity contribution is 5.80. The Kier molecular flexibility index (Phi) is 5.85. The number of carbonyl (C=O) groups is 1. The van der Waals surface area contributed by atoms with Crippen molar-refractivity contribution in [2.24, 2.45) is 0 Å². The summed E-state index contributed by atoms with van der Waals surface area (Å²) in [6, 6.07) is 0. The van der Waals surface area contributed by atoms with Crippen molar-refractivity contribution >= 4 is 5.91 Å². The van der Waals surface area contributed by atoms with Crippen molar-refractivity contribution in [2.45, 2.75) is 46.8 Å². The third-order valence-electron chi connectivity index (χ3n) is 2.94. The van der Waals surface area contributed by atoms with Crippen LogP contribution in [0.2, 0.25) is 0 Å². The van der Waals surface area contributed by atoms with Gasteiger partial charge in [-0.25, -0.2) is 4.98 Å². The second-order valence-electron chi connectivity index (χ2n) is 4.41. The molecule has 1 aromatic heterocycles. The van der Waals surface area contributed by atoms with Crippen LogP contribution in [0.25, 0.3) is 0 Å². The van der Waals surface area contributed by atoms with E-state index in [2.05, 4.69) is 10.3 Å². The summed E-state index contributed by atoms with van der Waals surface area (Å²) < 4.78 is 7.39. The van der Waals surface area contributed by atoms with E-state index < -0.39 is 0 Å². The number of aromatic nitrogens is 2. The Bertz CT molecular complexity index is 388. The number of nitrogens with one attached hydrogen (secondary N) is 1. The van der Waals surface area contributed by atoms with E-state index in [1.54, 1.807) is 13.3 Å². The van der Waals surface area contributed by atoms with E-state index in [0.29, 0.717) is 13.2 Å². The zero-order chi connectivity index (χ0) is 13.5. The Morgan fingerprint density at radius 2 is 2.28 bits per heavy atom. The lowest BCUT2D eigenvalue weighted by Crippen LogP contribution is -2.36. The summed E-state index contributed by atoms with van der Waals surface area (Å²) in [7, 11) is 0. The SMILES string of the molecule is CCCO[C@@H](C)C(=O)NCCn1cnc(C)c1C. The maximum atomic E-state index is 11.7. The first-order chi connectivity index (χ1) is 8.56. The van der Waals surface area contributed by atoms with Gasteiger partial charge in [-0.3, -0.25) is 4.79 Å². The topological polar surface area (TPSA) is 56.1 Å². The van der Waals surface area contributed by atoms with Crippen molar-refractivity contribution < 1.29 is 9.53 Å². The van der Waals surface area contributed by atoms with Crippen molar-refractivity contribution in [3.8, 4) is 0 Å². The lowest BCUT2D eigenvalue weighted by Gasteiger charge is -2.13. The van der Waals surface area contributed by atoms with Crippen LogP contribution in [0.4, 0.5) is 0 Å². The van der Waals surface area contributed by atoms with Gasteiger partial charge in [0.15, 0.2) is 0 Å². The monoisotopic (exact) mass is 253 g/mol. The Balaban J connectivity index is 2.29. The van der Waals surface area contributed by atoms with Crippen LogP contribution in [0, 0.1) is 13.8 Å². The second-order valence-corrected chi connectivity index (χ2v) is 4.41. The van der Waals surface area contributed by atoms with E-state index in [4.69, 9.17) is 4.74 Å². The average molecular weight is 253 g/mol. The molecule has 1 aromatic rings. The minimum atomic E-state index is -0.379. The van der Waals surface area contributed by atoms with E-state index in [-0.39, 0.29) is 12.0 Å². The molecule has 1 atom stereocenters. The number of hydrogen-bond acceptors (Lipinski definition) is 3. The van der Waals surface area contributed by atoms with Crippen molar-refractivity contribution in [2.75, 3.05) is 13.2 Å². The molecule has 0 spiro atoms. The van der Waals surface area contributed by atoms with Gasteiger partial charge in [-0.05, 0) is 27.2 Å². The van der Waals surface area contributed by atoms with Gasteiger partial charge in [0.1, 0.15) is 6.10 Å². The van der Waals surface area contributed by atoms with Gasteiger partial charge in [-0.2, -0.15) is 0 Å². The van der Waals surface area contributed by atoms with Gasteiger partial charge in [-0.15, -0.1) is 0 Å². The van der Waals surface area contributed by atoms with Crippen LogP contribution >= 0.6 is 0 Å². The fraction of sp³-hybridized carbons (Fsp3) is 0.692. The molecule has 0 saturated carbocycles. The summed E-state index contributed by atoms with van der Waals surface area (Å²) in [5, 5.41) is 2.86. The molecular formula is C13H23N3O2. The highest BCUT2D eigenvalue weighted by atomic mass is 16.5. The molecule has 102 valence electrons. The van der Waals surface area contributed by atoms with E-state index in [1.165, 1.54) is 0 Å². The number of nitrogens with zero attached hydrogens (tertiary/aromatic N) is 2. The average Bonchev–Trinajstić information content (AvgIpc) is 2.67. The number of imidazole rings is 1. The van der Waals surface area contributed by atoms with Crippen molar-refractivity contribution in [1.29, 1.82) is 0 Å². The summed E-state index contributed by atoms with van der Waals surface area (Å²) in [4.78, 5) is 15.9. The van der Waals surface area contributed by atoms with E-state index >= 15 is 0 Å². The van der Waals surface area contributed by atoms with Crippen molar-refractivity contribution in [3.63, 3.8) is 0 Å². The molecule has 0 bridgehead atoms. The summed E-state index contributed by atoms with van der Waals surface area (Å²) in [5.41, 5.74) is 2.17. The molecule has 1 rings (SSSR count). The molecule has 0 aliphatic heterocycles. The number of carbonyl (C=O) groups excluding carboxylic acids is 1. The Morgan fingerprint density at radius 1 is 1.56 bits per heavy atom. The molecule has 5 heteroatoms. The van der Waals surface area contributed by atoms with Gasteiger partial charge < -0.3 is 14.6 Å². The zero-order valence-corrected chi connectivity index (χ0v) is 11.7. The van der Waals surface area contributed by atoms with Crippen molar-refractivity contribution in [1.82, 2.24) is 14.9 Å². The minimum absolute atomic E-state index is 0.0575. The Labute approximate surface area is 109 Å². The Hall–Kier alpha value is -1.36. The highest BCUT2D eigenvalue weighted by Crippen LogP contribution is 2.03. The van der Waals surface area contributed by atoms with Crippen LogP contribution in [0.15, 0.2) is 6.33 Å². The summed E-state index contributed by atoms with van der Waals surface area (Å²) in [5.74, 6) is -0.0575. The molecular weight excluding hydrogens is 230 g/mol. The molecule has 0 unspecified atom stereocenters. The zero-order valence-electron chi connectivity index (χ0n) is 11.7. The maximum Gasteiger partial charge on any atom is 0.248 e. The first-order valence-electron chi connectivity index (χ1n) is 6.44. The summed E-state index contributed by atoms with van der Waals surface area (Å²) in [6.07, 6.45) is 2.34. The molecule has 0 aromatic carbocycles. The van der Waals surface area contributed by atoms with Gasteiger partial charge in [0.2, 0.25) is 5.91 Å². The molecule has 0 saturated heterocycles. The molecule has 18 heavy (non-hydrogen) atoms. The minimum Gasteiger partial charge on any atom is -0.369 e. The number of ether oxygens (including phenoxy) is 1. The fourth-order valence-corrected chi connectivity index (χ4v) is 1.58. The summed E-state index contributed by atoms with van der Waals surface area (Å²) >= 11 is 0. The third kappa shape index (κ3) is 4.14. The van der Waals surface area contributed by atoms with Gasteiger partial charge in [-0.1, -0.05) is 6.92 Å².